The van der Waals surface area contributed by atoms with E-state index < -0.39 is 5.91 Å². The number of fused-ring (bicyclic) bond motifs is 2. The van der Waals surface area contributed by atoms with Gasteiger partial charge in [-0.05, 0) is 96.4 Å². The molecule has 7 rings (SSSR count). The second kappa shape index (κ2) is 7.50. The number of carbonyl (C=O) groups excluding carboxylic acids is 1. The summed E-state index contributed by atoms with van der Waals surface area (Å²) in [6.07, 6.45) is 17.3. The number of ether oxygens (including phenoxy) is 2. The van der Waals surface area contributed by atoms with Crippen molar-refractivity contribution in [3.63, 3.8) is 0 Å². The molecule has 5 aliphatic rings. The van der Waals surface area contributed by atoms with E-state index in [4.69, 9.17) is 15.2 Å². The molecule has 182 valence electrons. The molecule has 1 saturated heterocycles. The molecule has 1 amide bonds. The third-order valence-corrected chi connectivity index (χ3v) is 10.2. The molecule has 1 aromatic carbocycles. The lowest BCUT2D eigenvalue weighted by atomic mass is 9.58. The molecular weight excluding hydrogens is 436 g/mol. The third kappa shape index (κ3) is 3.07. The number of primary amides is 1. The summed E-state index contributed by atoms with van der Waals surface area (Å²) >= 11 is 0. The molecule has 2 spiro atoms. The van der Waals surface area contributed by atoms with Gasteiger partial charge in [-0.2, -0.15) is 0 Å². The molecule has 3 heterocycles. The van der Waals surface area contributed by atoms with Gasteiger partial charge in [0.1, 0.15) is 6.61 Å². The highest BCUT2D eigenvalue weighted by Gasteiger charge is 2.66. The van der Waals surface area contributed by atoms with Crippen molar-refractivity contribution in [2.75, 3.05) is 6.61 Å². The fraction of sp³-hybridized carbons (Fsp3) is 0.533. The molecule has 35 heavy (non-hydrogen) atoms. The van der Waals surface area contributed by atoms with Crippen molar-refractivity contribution in [1.82, 2.24) is 4.98 Å². The first kappa shape index (κ1) is 21.8. The van der Waals surface area contributed by atoms with Gasteiger partial charge in [-0.25, -0.2) is 0 Å². The second-order valence-electron chi connectivity index (χ2n) is 11.8. The zero-order valence-corrected chi connectivity index (χ0v) is 20.5. The minimum atomic E-state index is -0.397. The Labute approximate surface area is 206 Å². The maximum Gasteiger partial charge on any atom is 0.243 e. The monoisotopic (exact) mass is 470 g/mol. The topological polar surface area (TPSA) is 74.4 Å². The second-order valence-corrected chi connectivity index (χ2v) is 11.8. The Morgan fingerprint density at radius 3 is 3.00 bits per heavy atom. The average molecular weight is 471 g/mol. The lowest BCUT2D eigenvalue weighted by Crippen LogP contribution is -2.54. The summed E-state index contributed by atoms with van der Waals surface area (Å²) in [5.74, 6) is 0.632. The van der Waals surface area contributed by atoms with E-state index in [-0.39, 0.29) is 29.3 Å². The zero-order valence-electron chi connectivity index (χ0n) is 20.5. The van der Waals surface area contributed by atoms with Crippen molar-refractivity contribution in [2.24, 2.45) is 17.1 Å². The molecule has 0 radical (unpaired) electrons. The van der Waals surface area contributed by atoms with Crippen LogP contribution in [0, 0.1) is 11.3 Å². The van der Waals surface area contributed by atoms with Crippen LogP contribution in [-0.2, 0) is 14.3 Å². The number of hydrogen-bond donors (Lipinski definition) is 1. The van der Waals surface area contributed by atoms with Gasteiger partial charge >= 0.3 is 0 Å². The van der Waals surface area contributed by atoms with Crippen molar-refractivity contribution in [1.29, 1.82) is 0 Å². The Hall–Kier alpha value is -2.50. The van der Waals surface area contributed by atoms with Crippen LogP contribution >= 0.6 is 0 Å². The molecule has 2 saturated carbocycles. The van der Waals surface area contributed by atoms with E-state index in [9.17, 15) is 4.79 Å². The predicted molar refractivity (Wildman–Crippen MR) is 135 cm³/mol. The number of pyridine rings is 1. The van der Waals surface area contributed by atoms with E-state index in [2.05, 4.69) is 48.3 Å². The van der Waals surface area contributed by atoms with Crippen LogP contribution in [0.3, 0.4) is 0 Å². The van der Waals surface area contributed by atoms with E-state index in [0.717, 1.165) is 38.5 Å². The third-order valence-electron chi connectivity index (χ3n) is 10.2. The quantitative estimate of drug-likeness (QED) is 0.654. The van der Waals surface area contributed by atoms with Crippen LogP contribution in [0.25, 0.3) is 10.8 Å². The van der Waals surface area contributed by atoms with Gasteiger partial charge in [0.2, 0.25) is 5.91 Å². The van der Waals surface area contributed by atoms with E-state index in [1.54, 1.807) is 0 Å². The van der Waals surface area contributed by atoms with Gasteiger partial charge in [-0.15, -0.1) is 0 Å². The van der Waals surface area contributed by atoms with Crippen LogP contribution in [0.1, 0.15) is 69.8 Å². The van der Waals surface area contributed by atoms with Gasteiger partial charge < -0.3 is 15.2 Å². The number of benzene rings is 1. The smallest absolute Gasteiger partial charge is 0.243 e. The van der Waals surface area contributed by atoms with E-state index in [1.807, 2.05) is 12.4 Å². The fourth-order valence-corrected chi connectivity index (χ4v) is 8.57. The van der Waals surface area contributed by atoms with Crippen LogP contribution in [0.4, 0.5) is 0 Å². The molecule has 5 nitrogen and oxygen atoms in total. The Morgan fingerprint density at radius 2 is 2.11 bits per heavy atom. The highest BCUT2D eigenvalue weighted by molar-refractivity contribution is 5.82. The van der Waals surface area contributed by atoms with Crippen molar-refractivity contribution < 1.29 is 14.3 Å². The van der Waals surface area contributed by atoms with Gasteiger partial charge in [0, 0.05) is 24.2 Å². The van der Waals surface area contributed by atoms with E-state index >= 15 is 0 Å². The number of carbonyl (C=O) groups is 1. The largest absolute Gasteiger partial charge is 0.368 e. The van der Waals surface area contributed by atoms with Gasteiger partial charge in [-0.1, -0.05) is 31.2 Å². The molecule has 6 atom stereocenters. The fourth-order valence-electron chi connectivity index (χ4n) is 8.57. The van der Waals surface area contributed by atoms with Gasteiger partial charge in [0.25, 0.3) is 0 Å². The lowest BCUT2D eigenvalue weighted by molar-refractivity contribution is -0.152. The Kier molecular flexibility index (Phi) is 4.66. The van der Waals surface area contributed by atoms with Crippen LogP contribution in [0.15, 0.2) is 60.0 Å². The van der Waals surface area contributed by atoms with E-state index in [1.165, 1.54) is 40.3 Å². The molecule has 5 heteroatoms. The first-order valence-electron chi connectivity index (χ1n) is 13.3. The summed E-state index contributed by atoms with van der Waals surface area (Å²) in [4.78, 5) is 15.7. The van der Waals surface area contributed by atoms with Crippen LogP contribution in [0.5, 0.6) is 0 Å². The molecule has 3 aliphatic carbocycles. The summed E-state index contributed by atoms with van der Waals surface area (Å²) in [5, 5.41) is 2.48. The molecule has 1 unspecified atom stereocenters. The Morgan fingerprint density at radius 1 is 1.20 bits per heavy atom. The van der Waals surface area contributed by atoms with Crippen LogP contribution in [-0.4, -0.2) is 34.8 Å². The summed E-state index contributed by atoms with van der Waals surface area (Å²) in [7, 11) is 0. The highest BCUT2D eigenvalue weighted by atomic mass is 16.5. The highest BCUT2D eigenvalue weighted by Crippen LogP contribution is 2.69. The Balaban J connectivity index is 1.22. The minimum Gasteiger partial charge on any atom is -0.368 e. The van der Waals surface area contributed by atoms with E-state index in [0.29, 0.717) is 11.8 Å². The minimum absolute atomic E-state index is 0.000254. The van der Waals surface area contributed by atoms with Crippen molar-refractivity contribution in [2.45, 2.75) is 81.5 Å². The van der Waals surface area contributed by atoms with Crippen molar-refractivity contribution in [3.05, 3.63) is 65.5 Å². The number of nitrogens with zero attached hydrogens (tertiary/aromatic N) is 1. The zero-order chi connectivity index (χ0) is 23.8. The van der Waals surface area contributed by atoms with Gasteiger partial charge in [0.15, 0.2) is 0 Å². The maximum atomic E-state index is 11.3. The maximum absolute atomic E-state index is 11.3. The number of aromatic nitrogens is 1. The molecule has 2 aromatic rings. The van der Waals surface area contributed by atoms with Crippen LogP contribution < -0.4 is 5.73 Å². The summed E-state index contributed by atoms with van der Waals surface area (Å²) < 4.78 is 13.2. The standard InChI is InChI=1S/C30H34N2O3/c1-28-10-8-23-15-22-4-5-24(34-18-27(31)33)16-29(22)11-12-30(23,35-29)26(28)7-6-25(28)20-3-2-19-9-13-32-17-21(19)14-20/h2-3,8-9,13-15,17,24-26H,4-7,10-12,16,18H2,1H3,(H2,31,33)/t24-,25-,26-,28-,29-,30?/m1/s1. The molecular formula is C30H34N2O3. The summed E-state index contributed by atoms with van der Waals surface area (Å²) in [6.45, 7) is 2.51. The molecule has 2 bridgehead atoms. The SMILES string of the molecule is C[C@]12CC=C3C=C4CC[C@@H](OCC(N)=O)C[C@]45CCC3(O5)[C@@H]1CC[C@@H]2c1ccc2ccncc2c1. The normalized spacial score (nSPS) is 39.4. The molecule has 2 N–H and O–H groups in total. The Bertz CT molecular complexity index is 1280. The molecule has 2 aliphatic heterocycles. The first-order chi connectivity index (χ1) is 16.9. The van der Waals surface area contributed by atoms with Gasteiger partial charge in [-0.3, -0.25) is 9.78 Å². The molecule has 1 aromatic heterocycles. The van der Waals surface area contributed by atoms with Crippen molar-refractivity contribution in [3.8, 4) is 0 Å². The summed E-state index contributed by atoms with van der Waals surface area (Å²) in [6, 6.07) is 9.07. The number of allylic oxidation sites excluding steroid dienone is 1. The van der Waals surface area contributed by atoms with Gasteiger partial charge in [0.05, 0.1) is 17.3 Å². The first-order valence-corrected chi connectivity index (χ1v) is 13.3. The summed E-state index contributed by atoms with van der Waals surface area (Å²) in [5.41, 5.74) is 9.42. The number of nitrogens with two attached hydrogens (primary N) is 1. The number of amides is 1. The van der Waals surface area contributed by atoms with Crippen molar-refractivity contribution >= 4 is 16.7 Å². The lowest BCUT2D eigenvalue weighted by Gasteiger charge is -2.54. The predicted octanol–water partition coefficient (Wildman–Crippen LogP) is 5.35. The van der Waals surface area contributed by atoms with Crippen LogP contribution in [0.2, 0.25) is 0 Å². The average Bonchev–Trinajstić information content (AvgIpc) is 3.37. The number of rotatable bonds is 4. The molecule has 3 fully saturated rings. The number of hydrogen-bond acceptors (Lipinski definition) is 4.